The van der Waals surface area contributed by atoms with Gasteiger partial charge in [-0.05, 0) is 32.4 Å². The molecule has 0 saturated carbocycles. The number of carbonyl (C=O) groups is 1. The lowest BCUT2D eigenvalue weighted by Crippen LogP contribution is -2.32. The quantitative estimate of drug-likeness (QED) is 0.814. The Morgan fingerprint density at radius 3 is 2.78 bits per heavy atom. The first-order valence-corrected chi connectivity index (χ1v) is 6.21. The summed E-state index contributed by atoms with van der Waals surface area (Å²) >= 11 is 0. The van der Waals surface area contributed by atoms with Gasteiger partial charge in [0.05, 0.1) is 5.92 Å². The molecule has 1 aromatic heterocycles. The molecule has 0 spiro atoms. The second-order valence-electron chi connectivity index (χ2n) is 5.43. The summed E-state index contributed by atoms with van der Waals surface area (Å²) in [4.78, 5) is 15.8. The lowest BCUT2D eigenvalue weighted by atomic mass is 10.1. The predicted octanol–water partition coefficient (Wildman–Crippen LogP) is 2.15. The van der Waals surface area contributed by atoms with E-state index >= 15 is 0 Å². The summed E-state index contributed by atoms with van der Waals surface area (Å²) in [7, 11) is 0. The molecule has 0 bridgehead atoms. The van der Waals surface area contributed by atoms with Crippen molar-refractivity contribution in [2.45, 2.75) is 39.8 Å². The molecule has 0 aliphatic heterocycles. The maximum atomic E-state index is 11.7. The number of esters is 1. The smallest absolute Gasteiger partial charge is 0.310 e. The third kappa shape index (κ3) is 5.77. The molecule has 0 saturated heterocycles. The fourth-order valence-corrected chi connectivity index (χ4v) is 1.42. The van der Waals surface area contributed by atoms with Crippen LogP contribution in [0.4, 0.5) is 0 Å². The Balaban J connectivity index is 2.29. The standard InChI is InChI=1S/C14H22N2O2/c1-11(13(17)18-14(2,3)4)8-16-10-12-6-5-7-15-9-12/h5-7,9,11,16H,8,10H2,1-4H3/t11-/m1/s1. The molecule has 0 aromatic carbocycles. The van der Waals surface area contributed by atoms with E-state index in [2.05, 4.69) is 10.3 Å². The molecular formula is C14H22N2O2. The molecule has 0 aliphatic carbocycles. The first-order chi connectivity index (χ1) is 8.38. The molecular weight excluding hydrogens is 228 g/mol. The molecule has 1 heterocycles. The Bertz CT molecular complexity index is 371. The van der Waals surface area contributed by atoms with Crippen LogP contribution in [0.25, 0.3) is 0 Å². The Labute approximate surface area is 109 Å². The lowest BCUT2D eigenvalue weighted by Gasteiger charge is -2.22. The van der Waals surface area contributed by atoms with Gasteiger partial charge in [0.25, 0.3) is 0 Å². The Kier molecular flexibility index (Phi) is 5.28. The average molecular weight is 250 g/mol. The van der Waals surface area contributed by atoms with E-state index in [-0.39, 0.29) is 11.9 Å². The van der Waals surface area contributed by atoms with Crippen molar-refractivity contribution in [1.82, 2.24) is 10.3 Å². The van der Waals surface area contributed by atoms with E-state index in [9.17, 15) is 4.79 Å². The van der Waals surface area contributed by atoms with Crippen LogP contribution in [0.15, 0.2) is 24.5 Å². The van der Waals surface area contributed by atoms with Crippen molar-refractivity contribution in [1.29, 1.82) is 0 Å². The van der Waals surface area contributed by atoms with Crippen LogP contribution in [0.1, 0.15) is 33.3 Å². The summed E-state index contributed by atoms with van der Waals surface area (Å²) in [6.45, 7) is 8.80. The highest BCUT2D eigenvalue weighted by atomic mass is 16.6. The van der Waals surface area contributed by atoms with Gasteiger partial charge in [0.2, 0.25) is 0 Å². The zero-order chi connectivity index (χ0) is 13.6. The number of aromatic nitrogens is 1. The summed E-state index contributed by atoms with van der Waals surface area (Å²) in [6, 6.07) is 3.90. The Morgan fingerprint density at radius 2 is 2.22 bits per heavy atom. The number of rotatable bonds is 5. The van der Waals surface area contributed by atoms with E-state index in [1.165, 1.54) is 0 Å². The van der Waals surface area contributed by atoms with Crippen molar-refractivity contribution < 1.29 is 9.53 Å². The van der Waals surface area contributed by atoms with Crippen LogP contribution in [0.2, 0.25) is 0 Å². The van der Waals surface area contributed by atoms with Gasteiger partial charge in [-0.15, -0.1) is 0 Å². The van der Waals surface area contributed by atoms with E-state index in [1.807, 2.05) is 46.0 Å². The van der Waals surface area contributed by atoms with Gasteiger partial charge < -0.3 is 10.1 Å². The Hall–Kier alpha value is -1.42. The molecule has 18 heavy (non-hydrogen) atoms. The van der Waals surface area contributed by atoms with Crippen molar-refractivity contribution in [3.8, 4) is 0 Å². The first-order valence-electron chi connectivity index (χ1n) is 6.21. The van der Waals surface area contributed by atoms with Crippen molar-refractivity contribution in [2.75, 3.05) is 6.54 Å². The van der Waals surface area contributed by atoms with Crippen LogP contribution < -0.4 is 5.32 Å². The zero-order valence-electron chi connectivity index (χ0n) is 11.6. The molecule has 1 N–H and O–H groups in total. The van der Waals surface area contributed by atoms with Gasteiger partial charge in [0.15, 0.2) is 0 Å². The summed E-state index contributed by atoms with van der Waals surface area (Å²) in [5.41, 5.74) is 0.684. The van der Waals surface area contributed by atoms with Gasteiger partial charge >= 0.3 is 5.97 Å². The van der Waals surface area contributed by atoms with E-state index in [1.54, 1.807) is 6.20 Å². The van der Waals surface area contributed by atoms with Crippen molar-refractivity contribution in [3.63, 3.8) is 0 Å². The van der Waals surface area contributed by atoms with Crippen LogP contribution in [0.5, 0.6) is 0 Å². The lowest BCUT2D eigenvalue weighted by molar-refractivity contribution is -0.159. The summed E-state index contributed by atoms with van der Waals surface area (Å²) < 4.78 is 5.31. The summed E-state index contributed by atoms with van der Waals surface area (Å²) in [5, 5.41) is 3.23. The minimum atomic E-state index is -0.422. The molecule has 0 fully saturated rings. The number of nitrogens with one attached hydrogen (secondary N) is 1. The van der Waals surface area contributed by atoms with E-state index in [4.69, 9.17) is 4.74 Å². The number of hydrogen-bond donors (Lipinski definition) is 1. The van der Waals surface area contributed by atoms with E-state index in [0.29, 0.717) is 13.1 Å². The highest BCUT2D eigenvalue weighted by Gasteiger charge is 2.21. The molecule has 1 aromatic rings. The molecule has 0 unspecified atom stereocenters. The topological polar surface area (TPSA) is 51.2 Å². The number of ether oxygens (including phenoxy) is 1. The minimum absolute atomic E-state index is 0.152. The third-order valence-corrected chi connectivity index (χ3v) is 2.31. The van der Waals surface area contributed by atoms with Crippen molar-refractivity contribution in [3.05, 3.63) is 30.1 Å². The second-order valence-corrected chi connectivity index (χ2v) is 5.43. The van der Waals surface area contributed by atoms with Crippen LogP contribution in [0.3, 0.4) is 0 Å². The second kappa shape index (κ2) is 6.50. The van der Waals surface area contributed by atoms with Crippen molar-refractivity contribution in [2.24, 2.45) is 5.92 Å². The zero-order valence-corrected chi connectivity index (χ0v) is 11.6. The maximum Gasteiger partial charge on any atom is 0.310 e. The molecule has 0 amide bonds. The monoisotopic (exact) mass is 250 g/mol. The van der Waals surface area contributed by atoms with Gasteiger partial charge in [-0.1, -0.05) is 13.0 Å². The van der Waals surface area contributed by atoms with Gasteiger partial charge in [0, 0.05) is 25.5 Å². The molecule has 4 heteroatoms. The summed E-state index contributed by atoms with van der Waals surface area (Å²) in [6.07, 6.45) is 3.55. The molecule has 1 atom stereocenters. The predicted molar refractivity (Wildman–Crippen MR) is 71.0 cm³/mol. The normalized spacial score (nSPS) is 13.1. The Morgan fingerprint density at radius 1 is 1.50 bits per heavy atom. The minimum Gasteiger partial charge on any atom is -0.460 e. The average Bonchev–Trinajstić information content (AvgIpc) is 2.28. The highest BCUT2D eigenvalue weighted by molar-refractivity contribution is 5.72. The number of nitrogens with zero attached hydrogens (tertiary/aromatic N) is 1. The van der Waals surface area contributed by atoms with Crippen molar-refractivity contribution >= 4 is 5.97 Å². The number of hydrogen-bond acceptors (Lipinski definition) is 4. The van der Waals surface area contributed by atoms with Gasteiger partial charge in [-0.25, -0.2) is 0 Å². The molecule has 4 nitrogen and oxygen atoms in total. The number of carbonyl (C=O) groups excluding carboxylic acids is 1. The fraction of sp³-hybridized carbons (Fsp3) is 0.571. The molecule has 0 aliphatic rings. The third-order valence-electron chi connectivity index (χ3n) is 2.31. The highest BCUT2D eigenvalue weighted by Crippen LogP contribution is 2.10. The van der Waals surface area contributed by atoms with Crippen LogP contribution in [0, 0.1) is 5.92 Å². The van der Waals surface area contributed by atoms with E-state index < -0.39 is 5.60 Å². The first kappa shape index (κ1) is 14.6. The SMILES string of the molecule is C[C@H](CNCc1cccnc1)C(=O)OC(C)(C)C. The van der Waals surface area contributed by atoms with Gasteiger partial charge in [-0.2, -0.15) is 0 Å². The maximum absolute atomic E-state index is 11.7. The van der Waals surface area contributed by atoms with E-state index in [0.717, 1.165) is 5.56 Å². The van der Waals surface area contributed by atoms with Crippen LogP contribution >= 0.6 is 0 Å². The molecule has 0 radical (unpaired) electrons. The molecule has 1 rings (SSSR count). The largest absolute Gasteiger partial charge is 0.460 e. The van der Waals surface area contributed by atoms with Gasteiger partial charge in [-0.3, -0.25) is 9.78 Å². The van der Waals surface area contributed by atoms with Crippen LogP contribution in [-0.2, 0) is 16.1 Å². The fourth-order valence-electron chi connectivity index (χ4n) is 1.42. The molecule has 100 valence electrons. The van der Waals surface area contributed by atoms with Crippen LogP contribution in [-0.4, -0.2) is 23.1 Å². The summed E-state index contributed by atoms with van der Waals surface area (Å²) in [5.74, 6) is -0.318. The number of pyridine rings is 1. The van der Waals surface area contributed by atoms with Gasteiger partial charge in [0.1, 0.15) is 5.60 Å².